The van der Waals surface area contributed by atoms with Crippen LogP contribution in [0.4, 0.5) is 21.5 Å². The number of halogens is 3. The molecule has 6 nitrogen and oxygen atoms in total. The first-order valence-corrected chi connectivity index (χ1v) is 10.9. The maximum absolute atomic E-state index is 13.5. The van der Waals surface area contributed by atoms with Crippen molar-refractivity contribution in [3.8, 4) is 0 Å². The van der Waals surface area contributed by atoms with Crippen LogP contribution in [0.2, 0.25) is 5.02 Å². The molecule has 1 aliphatic rings. The Morgan fingerprint density at radius 1 is 0.912 bits per heavy atom. The van der Waals surface area contributed by atoms with Crippen molar-refractivity contribution in [3.63, 3.8) is 0 Å². The van der Waals surface area contributed by atoms with Gasteiger partial charge in [0.2, 0.25) is 0 Å². The number of hydrogen-bond donors (Lipinski definition) is 2. The third-order valence-electron chi connectivity index (χ3n) is 5.26. The van der Waals surface area contributed by atoms with E-state index in [4.69, 9.17) is 23.2 Å². The van der Waals surface area contributed by atoms with E-state index >= 15 is 0 Å². The normalized spacial score (nSPS) is 13.5. The molecule has 34 heavy (non-hydrogen) atoms. The van der Waals surface area contributed by atoms with Crippen LogP contribution in [0.3, 0.4) is 0 Å². The first-order chi connectivity index (χ1) is 16.2. The number of aryl methyl sites for hydroxylation is 2. The van der Waals surface area contributed by atoms with E-state index in [2.05, 4.69) is 10.6 Å². The predicted molar refractivity (Wildman–Crippen MR) is 131 cm³/mol. The quantitative estimate of drug-likeness (QED) is 0.437. The Morgan fingerprint density at radius 3 is 2.29 bits per heavy atom. The van der Waals surface area contributed by atoms with Gasteiger partial charge in [-0.2, -0.15) is 0 Å². The maximum Gasteiger partial charge on any atom is 0.283 e. The van der Waals surface area contributed by atoms with Gasteiger partial charge < -0.3 is 10.6 Å². The topological polar surface area (TPSA) is 78.5 Å². The summed E-state index contributed by atoms with van der Waals surface area (Å²) >= 11 is 12.0. The highest BCUT2D eigenvalue weighted by Gasteiger charge is 2.39. The average molecular weight is 498 g/mol. The molecular weight excluding hydrogens is 480 g/mol. The van der Waals surface area contributed by atoms with E-state index < -0.39 is 17.6 Å². The SMILES string of the molecule is Cc1ccc(NC(=O)c2ccc(C)c(NC3=C(Cl)C(=O)N(c4ccc(F)c(Cl)c4)C3=O)c2)cc1. The lowest BCUT2D eigenvalue weighted by Gasteiger charge is -2.16. The van der Waals surface area contributed by atoms with E-state index in [0.29, 0.717) is 22.5 Å². The van der Waals surface area contributed by atoms with Gasteiger partial charge >= 0.3 is 0 Å². The number of carbonyl (C=O) groups excluding carboxylic acids is 3. The minimum atomic E-state index is -0.775. The molecular formula is C25H18Cl2FN3O3. The van der Waals surface area contributed by atoms with Gasteiger partial charge in [-0.3, -0.25) is 14.4 Å². The standard InChI is InChI=1S/C25H18Cl2FN3O3/c1-13-3-7-16(8-4-13)29-23(32)15-6-5-14(2)20(11-15)30-22-21(27)24(33)31(25(22)34)17-9-10-19(28)18(26)12-17/h3-12,30H,1-2H3,(H,29,32). The van der Waals surface area contributed by atoms with Crippen LogP contribution in [0.15, 0.2) is 71.4 Å². The van der Waals surface area contributed by atoms with Crippen LogP contribution < -0.4 is 15.5 Å². The fourth-order valence-corrected chi connectivity index (χ4v) is 3.73. The molecule has 0 aliphatic carbocycles. The van der Waals surface area contributed by atoms with E-state index in [-0.39, 0.29) is 27.3 Å². The zero-order chi connectivity index (χ0) is 24.6. The summed E-state index contributed by atoms with van der Waals surface area (Å²) < 4.78 is 13.5. The molecule has 4 rings (SSSR count). The van der Waals surface area contributed by atoms with Crippen LogP contribution in [-0.2, 0) is 9.59 Å². The van der Waals surface area contributed by atoms with Gasteiger partial charge in [-0.05, 0) is 61.9 Å². The molecule has 3 aromatic carbocycles. The number of amides is 3. The Balaban J connectivity index is 1.58. The molecule has 1 aliphatic heterocycles. The van der Waals surface area contributed by atoms with Crippen LogP contribution in [0.25, 0.3) is 0 Å². The third-order valence-corrected chi connectivity index (χ3v) is 5.90. The fraction of sp³-hybridized carbons (Fsp3) is 0.0800. The Morgan fingerprint density at radius 2 is 1.62 bits per heavy atom. The van der Waals surface area contributed by atoms with Crippen LogP contribution in [0.5, 0.6) is 0 Å². The molecule has 0 saturated carbocycles. The predicted octanol–water partition coefficient (Wildman–Crippen LogP) is 5.78. The molecule has 0 saturated heterocycles. The molecule has 3 aromatic rings. The number of nitrogens with zero attached hydrogens (tertiary/aromatic N) is 1. The average Bonchev–Trinajstić information content (AvgIpc) is 3.01. The molecule has 0 fully saturated rings. The van der Waals surface area contributed by atoms with Crippen molar-refractivity contribution >= 4 is 58.0 Å². The first-order valence-electron chi connectivity index (χ1n) is 10.1. The molecule has 1 heterocycles. The summed E-state index contributed by atoms with van der Waals surface area (Å²) in [5.74, 6) is -2.53. The van der Waals surface area contributed by atoms with Crippen molar-refractivity contribution in [1.29, 1.82) is 0 Å². The summed E-state index contributed by atoms with van der Waals surface area (Å²) in [6.45, 7) is 3.72. The molecule has 0 atom stereocenters. The highest BCUT2D eigenvalue weighted by Crippen LogP contribution is 2.33. The Hall–Kier alpha value is -3.68. The van der Waals surface area contributed by atoms with Crippen molar-refractivity contribution in [3.05, 3.63) is 98.9 Å². The van der Waals surface area contributed by atoms with Crippen LogP contribution in [0, 0.1) is 19.7 Å². The second-order valence-corrected chi connectivity index (χ2v) is 8.49. The molecule has 0 spiro atoms. The van der Waals surface area contributed by atoms with Crippen molar-refractivity contribution in [1.82, 2.24) is 0 Å². The van der Waals surface area contributed by atoms with Crippen LogP contribution in [-0.4, -0.2) is 17.7 Å². The van der Waals surface area contributed by atoms with Gasteiger partial charge in [0.25, 0.3) is 17.7 Å². The second-order valence-electron chi connectivity index (χ2n) is 7.71. The monoisotopic (exact) mass is 497 g/mol. The largest absolute Gasteiger partial charge is 0.349 e. The number of nitrogens with one attached hydrogen (secondary N) is 2. The minimum Gasteiger partial charge on any atom is -0.349 e. The Bertz CT molecular complexity index is 1370. The number of rotatable bonds is 5. The second kappa shape index (κ2) is 9.29. The van der Waals surface area contributed by atoms with Gasteiger partial charge in [0, 0.05) is 16.9 Å². The van der Waals surface area contributed by atoms with Gasteiger partial charge in [-0.25, -0.2) is 9.29 Å². The van der Waals surface area contributed by atoms with Crippen molar-refractivity contribution < 1.29 is 18.8 Å². The van der Waals surface area contributed by atoms with Gasteiger partial charge in [0.05, 0.1) is 10.7 Å². The minimum absolute atomic E-state index is 0.0827. The lowest BCUT2D eigenvalue weighted by Crippen LogP contribution is -2.32. The van der Waals surface area contributed by atoms with Crippen molar-refractivity contribution in [2.75, 3.05) is 15.5 Å². The lowest BCUT2D eigenvalue weighted by atomic mass is 10.1. The number of benzene rings is 3. The third kappa shape index (κ3) is 4.53. The van der Waals surface area contributed by atoms with Crippen molar-refractivity contribution in [2.45, 2.75) is 13.8 Å². The first kappa shape index (κ1) is 23.5. The Kier molecular flexibility index (Phi) is 6.41. The number of imide groups is 1. The van der Waals surface area contributed by atoms with Crippen molar-refractivity contribution in [2.24, 2.45) is 0 Å². The number of anilines is 3. The summed E-state index contributed by atoms with van der Waals surface area (Å²) in [5.41, 5.74) is 3.10. The zero-order valence-electron chi connectivity index (χ0n) is 18.1. The lowest BCUT2D eigenvalue weighted by molar-refractivity contribution is -0.120. The Labute approximate surface area is 205 Å². The van der Waals surface area contributed by atoms with Gasteiger partial charge in [-0.15, -0.1) is 0 Å². The van der Waals surface area contributed by atoms with Gasteiger partial charge in [0.15, 0.2) is 0 Å². The molecule has 0 unspecified atom stereocenters. The van der Waals surface area contributed by atoms with Crippen LogP contribution >= 0.6 is 23.2 Å². The maximum atomic E-state index is 13.5. The van der Waals surface area contributed by atoms with Gasteiger partial charge in [0.1, 0.15) is 16.5 Å². The van der Waals surface area contributed by atoms with E-state index in [1.54, 1.807) is 37.3 Å². The van der Waals surface area contributed by atoms with E-state index in [0.717, 1.165) is 16.5 Å². The molecule has 0 bridgehead atoms. The fourth-order valence-electron chi connectivity index (χ4n) is 3.34. The molecule has 2 N–H and O–H groups in total. The highest BCUT2D eigenvalue weighted by atomic mass is 35.5. The number of hydrogen-bond acceptors (Lipinski definition) is 4. The number of carbonyl (C=O) groups is 3. The summed E-state index contributed by atoms with van der Waals surface area (Å²) in [6, 6.07) is 15.8. The highest BCUT2D eigenvalue weighted by molar-refractivity contribution is 6.53. The smallest absolute Gasteiger partial charge is 0.283 e. The molecule has 3 amide bonds. The van der Waals surface area contributed by atoms with Crippen LogP contribution in [0.1, 0.15) is 21.5 Å². The molecule has 0 aromatic heterocycles. The zero-order valence-corrected chi connectivity index (χ0v) is 19.6. The summed E-state index contributed by atoms with van der Waals surface area (Å²) in [7, 11) is 0. The van der Waals surface area contributed by atoms with E-state index in [1.165, 1.54) is 12.1 Å². The van der Waals surface area contributed by atoms with E-state index in [9.17, 15) is 18.8 Å². The summed E-state index contributed by atoms with van der Waals surface area (Å²) in [4.78, 5) is 39.2. The summed E-state index contributed by atoms with van der Waals surface area (Å²) in [6.07, 6.45) is 0. The van der Waals surface area contributed by atoms with E-state index in [1.807, 2.05) is 19.1 Å². The molecule has 172 valence electrons. The van der Waals surface area contributed by atoms with Gasteiger partial charge in [-0.1, -0.05) is 47.0 Å². The summed E-state index contributed by atoms with van der Waals surface area (Å²) in [5, 5.41) is 5.12. The molecule has 9 heteroatoms. The molecule has 0 radical (unpaired) electrons.